The number of unbranched alkanes of at least 4 members (excludes halogenated alkanes) is 3. The molecule has 29 heavy (non-hydrogen) atoms. The Morgan fingerprint density at radius 2 is 1.93 bits per heavy atom. The molecule has 0 aliphatic heterocycles. The van der Waals surface area contributed by atoms with Crippen molar-refractivity contribution in [3.63, 3.8) is 0 Å². The van der Waals surface area contributed by atoms with Crippen LogP contribution in [0.1, 0.15) is 56.4 Å². The molecule has 0 spiro atoms. The fourth-order valence-electron chi connectivity index (χ4n) is 2.96. The minimum absolute atomic E-state index is 0.0474. The Morgan fingerprint density at radius 1 is 1.24 bits per heavy atom. The van der Waals surface area contributed by atoms with Crippen molar-refractivity contribution < 1.29 is 9.18 Å². The smallest absolute Gasteiger partial charge is 0.257 e. The number of hydrogen-bond acceptors (Lipinski definition) is 4. The third kappa shape index (κ3) is 6.70. The van der Waals surface area contributed by atoms with E-state index in [0.717, 1.165) is 24.8 Å². The first-order valence-electron chi connectivity index (χ1n) is 10.1. The first-order valence-corrected chi connectivity index (χ1v) is 11.0. The van der Waals surface area contributed by atoms with Crippen molar-refractivity contribution in [2.75, 3.05) is 6.54 Å². The summed E-state index contributed by atoms with van der Waals surface area (Å²) in [4.78, 5) is 29.7. The van der Waals surface area contributed by atoms with Gasteiger partial charge in [0.25, 0.3) is 5.56 Å². The molecular weight excluding hydrogens is 389 g/mol. The lowest BCUT2D eigenvalue weighted by molar-refractivity contribution is -0.120. The van der Waals surface area contributed by atoms with Gasteiger partial charge in [0, 0.05) is 31.3 Å². The predicted octanol–water partition coefficient (Wildman–Crippen LogP) is 4.00. The zero-order chi connectivity index (χ0) is 21.4. The Balaban J connectivity index is 2.05. The van der Waals surface area contributed by atoms with Crippen molar-refractivity contribution in [3.8, 4) is 0 Å². The third-order valence-corrected chi connectivity index (χ3v) is 5.97. The third-order valence-electron chi connectivity index (χ3n) is 4.82. The first kappa shape index (κ1) is 23.1. The molecule has 1 aromatic heterocycles. The molecule has 1 N–H and O–H groups in total. The van der Waals surface area contributed by atoms with Gasteiger partial charge in [-0.25, -0.2) is 9.37 Å². The molecule has 158 valence electrons. The second-order valence-corrected chi connectivity index (χ2v) is 8.55. The summed E-state index contributed by atoms with van der Waals surface area (Å²) < 4.78 is 14.6. The molecule has 0 saturated heterocycles. The fourth-order valence-corrected chi connectivity index (χ4v) is 3.90. The summed E-state index contributed by atoms with van der Waals surface area (Å²) >= 11 is 1.28. The van der Waals surface area contributed by atoms with E-state index in [2.05, 4.69) is 17.2 Å². The second-order valence-electron chi connectivity index (χ2n) is 7.24. The van der Waals surface area contributed by atoms with Crippen LogP contribution in [0.25, 0.3) is 0 Å². The SMILES string of the molecule is CCCCCCNC(=O)C(C)Sc1nc(C)c(Cc2ccc(F)cc2)c(=O)n1C. The minimum atomic E-state index is -0.346. The van der Waals surface area contributed by atoms with Crippen LogP contribution in [-0.4, -0.2) is 27.3 Å². The van der Waals surface area contributed by atoms with Gasteiger partial charge >= 0.3 is 0 Å². The second kappa shape index (κ2) is 11.1. The average molecular weight is 420 g/mol. The van der Waals surface area contributed by atoms with Gasteiger partial charge in [-0.2, -0.15) is 0 Å². The molecule has 0 bridgehead atoms. The Kier molecular flexibility index (Phi) is 8.89. The van der Waals surface area contributed by atoms with E-state index in [1.165, 1.54) is 34.9 Å². The van der Waals surface area contributed by atoms with Gasteiger partial charge in [-0.1, -0.05) is 50.1 Å². The van der Waals surface area contributed by atoms with Crippen molar-refractivity contribution in [3.05, 3.63) is 57.3 Å². The van der Waals surface area contributed by atoms with Gasteiger partial charge in [-0.05, 0) is 38.0 Å². The quantitative estimate of drug-likeness (QED) is 0.359. The molecule has 0 aliphatic carbocycles. The number of aromatic nitrogens is 2. The molecule has 5 nitrogen and oxygen atoms in total. The zero-order valence-corrected chi connectivity index (χ0v) is 18.4. The monoisotopic (exact) mass is 419 g/mol. The molecular formula is C22H30FN3O2S. The number of rotatable bonds is 10. The van der Waals surface area contributed by atoms with Crippen molar-refractivity contribution in [2.24, 2.45) is 7.05 Å². The number of nitrogens with one attached hydrogen (secondary N) is 1. The summed E-state index contributed by atoms with van der Waals surface area (Å²) in [6.45, 7) is 6.44. The standard InChI is InChI=1S/C22H30FN3O2S/c1-5-6-7-8-13-24-20(27)16(3)29-22-25-15(2)19(21(28)26(22)4)14-17-9-11-18(23)12-10-17/h9-12,16H,5-8,13-14H2,1-4H3,(H,24,27). The molecule has 0 radical (unpaired) electrons. The highest BCUT2D eigenvalue weighted by Crippen LogP contribution is 2.21. The maximum absolute atomic E-state index is 13.1. The van der Waals surface area contributed by atoms with Crippen LogP contribution in [0.3, 0.4) is 0 Å². The van der Waals surface area contributed by atoms with Crippen molar-refractivity contribution in [2.45, 2.75) is 63.3 Å². The van der Waals surface area contributed by atoms with Crippen molar-refractivity contribution in [1.29, 1.82) is 0 Å². The molecule has 1 heterocycles. The maximum atomic E-state index is 13.1. The first-order chi connectivity index (χ1) is 13.8. The van der Waals surface area contributed by atoms with Crippen LogP contribution in [-0.2, 0) is 18.3 Å². The highest BCUT2D eigenvalue weighted by molar-refractivity contribution is 8.00. The number of thioether (sulfide) groups is 1. The highest BCUT2D eigenvalue weighted by atomic mass is 32.2. The summed E-state index contributed by atoms with van der Waals surface area (Å²) in [5.74, 6) is -0.352. The van der Waals surface area contributed by atoms with E-state index in [1.807, 2.05) is 6.92 Å². The Labute approximate surface area is 176 Å². The van der Waals surface area contributed by atoms with Gasteiger partial charge in [-0.3, -0.25) is 14.2 Å². The number of carbonyl (C=O) groups excluding carboxylic acids is 1. The van der Waals surface area contributed by atoms with Crippen LogP contribution in [0, 0.1) is 12.7 Å². The molecule has 1 atom stereocenters. The number of carbonyl (C=O) groups is 1. The van der Waals surface area contributed by atoms with Gasteiger partial charge in [0.05, 0.1) is 5.25 Å². The molecule has 0 aliphatic rings. The summed E-state index contributed by atoms with van der Waals surface area (Å²) in [6, 6.07) is 6.11. The van der Waals surface area contributed by atoms with Crippen LogP contribution >= 0.6 is 11.8 Å². The zero-order valence-electron chi connectivity index (χ0n) is 17.6. The lowest BCUT2D eigenvalue weighted by Crippen LogP contribution is -2.33. The Hall–Kier alpha value is -2.15. The maximum Gasteiger partial charge on any atom is 0.257 e. The van der Waals surface area contributed by atoms with Gasteiger partial charge in [-0.15, -0.1) is 0 Å². The molecule has 2 aromatic rings. The largest absolute Gasteiger partial charge is 0.355 e. The molecule has 1 amide bonds. The van der Waals surface area contributed by atoms with E-state index in [0.29, 0.717) is 29.4 Å². The molecule has 0 saturated carbocycles. The van der Waals surface area contributed by atoms with E-state index in [1.54, 1.807) is 26.1 Å². The lowest BCUT2D eigenvalue weighted by Gasteiger charge is -2.15. The summed E-state index contributed by atoms with van der Waals surface area (Å²) in [5, 5.41) is 3.13. The van der Waals surface area contributed by atoms with E-state index in [-0.39, 0.29) is 22.5 Å². The normalized spacial score (nSPS) is 12.0. The van der Waals surface area contributed by atoms with Gasteiger partial charge in [0.2, 0.25) is 5.91 Å². The van der Waals surface area contributed by atoms with Crippen LogP contribution in [0.5, 0.6) is 0 Å². The van der Waals surface area contributed by atoms with Gasteiger partial charge in [0.1, 0.15) is 5.82 Å². The summed E-state index contributed by atoms with van der Waals surface area (Å²) in [6.07, 6.45) is 4.82. The number of nitrogens with zero attached hydrogens (tertiary/aromatic N) is 2. The van der Waals surface area contributed by atoms with E-state index < -0.39 is 0 Å². The number of aryl methyl sites for hydroxylation is 1. The van der Waals surface area contributed by atoms with Crippen LogP contribution < -0.4 is 10.9 Å². The fraction of sp³-hybridized carbons (Fsp3) is 0.500. The summed E-state index contributed by atoms with van der Waals surface area (Å²) in [5.41, 5.74) is 1.92. The topological polar surface area (TPSA) is 64.0 Å². The molecule has 2 rings (SSSR count). The molecule has 1 aromatic carbocycles. The molecule has 0 fully saturated rings. The Morgan fingerprint density at radius 3 is 2.59 bits per heavy atom. The number of amides is 1. The van der Waals surface area contributed by atoms with Gasteiger partial charge in [0.15, 0.2) is 5.16 Å². The number of hydrogen-bond donors (Lipinski definition) is 1. The minimum Gasteiger partial charge on any atom is -0.355 e. The number of benzene rings is 1. The predicted molar refractivity (Wildman–Crippen MR) is 116 cm³/mol. The number of halogens is 1. The van der Waals surface area contributed by atoms with Crippen molar-refractivity contribution in [1.82, 2.24) is 14.9 Å². The molecule has 7 heteroatoms. The van der Waals surface area contributed by atoms with Crippen LogP contribution in [0.2, 0.25) is 0 Å². The van der Waals surface area contributed by atoms with E-state index in [4.69, 9.17) is 0 Å². The highest BCUT2D eigenvalue weighted by Gasteiger charge is 2.19. The Bertz CT molecular complexity index is 881. The molecule has 1 unspecified atom stereocenters. The van der Waals surface area contributed by atoms with Gasteiger partial charge < -0.3 is 5.32 Å². The van der Waals surface area contributed by atoms with E-state index in [9.17, 15) is 14.0 Å². The van der Waals surface area contributed by atoms with Crippen LogP contribution in [0.4, 0.5) is 4.39 Å². The lowest BCUT2D eigenvalue weighted by atomic mass is 10.1. The van der Waals surface area contributed by atoms with Crippen molar-refractivity contribution >= 4 is 17.7 Å². The average Bonchev–Trinajstić information content (AvgIpc) is 2.70. The van der Waals surface area contributed by atoms with E-state index >= 15 is 0 Å². The van der Waals surface area contributed by atoms with Crippen LogP contribution in [0.15, 0.2) is 34.2 Å². The summed E-state index contributed by atoms with van der Waals surface area (Å²) in [7, 11) is 1.67.